The van der Waals surface area contributed by atoms with E-state index in [4.69, 9.17) is 9.52 Å². The van der Waals surface area contributed by atoms with E-state index < -0.39 is 4.92 Å². The summed E-state index contributed by atoms with van der Waals surface area (Å²) in [5, 5.41) is 27.8. The normalized spacial score (nSPS) is 16.6. The Hall–Kier alpha value is -2.32. The van der Waals surface area contributed by atoms with E-state index in [1.165, 1.54) is 12.1 Å². The molecule has 0 unspecified atom stereocenters. The Kier molecular flexibility index (Phi) is 4.63. The minimum Gasteiger partial charge on any atom is -0.419 e. The molecule has 1 N–H and O–H groups in total. The fourth-order valence-electron chi connectivity index (χ4n) is 2.68. The zero-order valence-corrected chi connectivity index (χ0v) is 12.6. The van der Waals surface area contributed by atoms with Gasteiger partial charge in [0.05, 0.1) is 11.5 Å². The molecule has 1 aromatic heterocycles. The Labute approximate surface area is 132 Å². The van der Waals surface area contributed by atoms with Crippen molar-refractivity contribution in [3.8, 4) is 11.5 Å². The number of aromatic nitrogens is 2. The predicted molar refractivity (Wildman–Crippen MR) is 81.5 cm³/mol. The summed E-state index contributed by atoms with van der Waals surface area (Å²) in [6, 6.07) is 6.03. The minimum atomic E-state index is -0.445. The molecule has 8 heteroatoms. The van der Waals surface area contributed by atoms with E-state index in [-0.39, 0.29) is 12.3 Å². The van der Waals surface area contributed by atoms with Crippen LogP contribution in [0.2, 0.25) is 0 Å². The molecular formula is C15H18N4O4. The van der Waals surface area contributed by atoms with Gasteiger partial charge in [-0.1, -0.05) is 0 Å². The average molecular weight is 318 g/mol. The van der Waals surface area contributed by atoms with Crippen molar-refractivity contribution >= 4 is 5.69 Å². The SMILES string of the molecule is O=[N+]([O-])c1ccc(-c2nnc(CN3CCC(CO)CC3)o2)cc1. The maximum atomic E-state index is 10.7. The summed E-state index contributed by atoms with van der Waals surface area (Å²) in [7, 11) is 0. The maximum absolute atomic E-state index is 10.7. The molecule has 0 bridgehead atoms. The molecule has 1 aromatic carbocycles. The van der Waals surface area contributed by atoms with Gasteiger partial charge in [-0.3, -0.25) is 15.0 Å². The van der Waals surface area contributed by atoms with Gasteiger partial charge in [-0.25, -0.2) is 0 Å². The molecule has 1 fully saturated rings. The van der Waals surface area contributed by atoms with E-state index in [0.717, 1.165) is 25.9 Å². The summed E-state index contributed by atoms with van der Waals surface area (Å²) in [6.07, 6.45) is 1.94. The third-order valence-electron chi connectivity index (χ3n) is 4.12. The van der Waals surface area contributed by atoms with Crippen LogP contribution in [0.15, 0.2) is 28.7 Å². The molecule has 23 heavy (non-hydrogen) atoms. The Morgan fingerprint density at radius 1 is 1.26 bits per heavy atom. The number of benzene rings is 1. The summed E-state index contributed by atoms with van der Waals surface area (Å²) in [6.45, 7) is 2.64. The molecule has 0 aliphatic carbocycles. The van der Waals surface area contributed by atoms with Gasteiger partial charge in [0.15, 0.2) is 0 Å². The van der Waals surface area contributed by atoms with E-state index in [0.29, 0.717) is 29.8 Å². The van der Waals surface area contributed by atoms with Crippen LogP contribution in [0.25, 0.3) is 11.5 Å². The van der Waals surface area contributed by atoms with Gasteiger partial charge in [0.1, 0.15) is 0 Å². The van der Waals surface area contributed by atoms with Crippen molar-refractivity contribution in [1.82, 2.24) is 15.1 Å². The van der Waals surface area contributed by atoms with Crippen molar-refractivity contribution in [2.75, 3.05) is 19.7 Å². The van der Waals surface area contributed by atoms with Gasteiger partial charge in [-0.15, -0.1) is 10.2 Å². The molecule has 0 amide bonds. The number of non-ortho nitro benzene ring substituents is 1. The third-order valence-corrected chi connectivity index (χ3v) is 4.12. The molecule has 122 valence electrons. The highest BCUT2D eigenvalue weighted by Crippen LogP contribution is 2.23. The molecule has 0 spiro atoms. The van der Waals surface area contributed by atoms with Crippen LogP contribution < -0.4 is 0 Å². The number of rotatable bonds is 5. The van der Waals surface area contributed by atoms with Gasteiger partial charge in [0, 0.05) is 24.3 Å². The molecule has 2 aromatic rings. The number of nitro groups is 1. The average Bonchev–Trinajstić information content (AvgIpc) is 3.04. The Morgan fingerprint density at radius 3 is 2.57 bits per heavy atom. The number of hydrogen-bond acceptors (Lipinski definition) is 7. The first kappa shape index (κ1) is 15.6. The van der Waals surface area contributed by atoms with Crippen LogP contribution in [0.4, 0.5) is 5.69 Å². The number of nitrogens with zero attached hydrogens (tertiary/aromatic N) is 4. The smallest absolute Gasteiger partial charge is 0.269 e. The molecule has 2 heterocycles. The molecule has 0 atom stereocenters. The summed E-state index contributed by atoms with van der Waals surface area (Å²) in [4.78, 5) is 12.4. The number of nitro benzene ring substituents is 1. The number of likely N-dealkylation sites (tertiary alicyclic amines) is 1. The highest BCUT2D eigenvalue weighted by molar-refractivity contribution is 5.55. The molecule has 8 nitrogen and oxygen atoms in total. The first-order valence-corrected chi connectivity index (χ1v) is 7.56. The molecule has 1 aliphatic rings. The van der Waals surface area contributed by atoms with Gasteiger partial charge in [0.2, 0.25) is 11.8 Å². The summed E-state index contributed by atoms with van der Waals surface area (Å²) in [5.41, 5.74) is 0.689. The Balaban J connectivity index is 1.63. The quantitative estimate of drug-likeness (QED) is 0.662. The lowest BCUT2D eigenvalue weighted by Gasteiger charge is -2.29. The lowest BCUT2D eigenvalue weighted by Crippen LogP contribution is -2.34. The summed E-state index contributed by atoms with van der Waals surface area (Å²) >= 11 is 0. The number of aliphatic hydroxyl groups excluding tert-OH is 1. The van der Waals surface area contributed by atoms with Crippen LogP contribution in [0.1, 0.15) is 18.7 Å². The summed E-state index contributed by atoms with van der Waals surface area (Å²) in [5.74, 6) is 1.28. The highest BCUT2D eigenvalue weighted by Gasteiger charge is 2.20. The number of aliphatic hydroxyl groups is 1. The van der Waals surface area contributed by atoms with Crippen molar-refractivity contribution in [1.29, 1.82) is 0 Å². The standard InChI is InChI=1S/C15H18N4O4/c20-10-11-5-7-18(8-6-11)9-14-16-17-15(23-14)12-1-3-13(4-2-12)19(21)22/h1-4,11,20H,5-10H2. The van der Waals surface area contributed by atoms with Crippen LogP contribution in [-0.4, -0.2) is 44.8 Å². The van der Waals surface area contributed by atoms with Crippen LogP contribution in [0, 0.1) is 16.0 Å². The monoisotopic (exact) mass is 318 g/mol. The van der Waals surface area contributed by atoms with Crippen molar-refractivity contribution in [3.05, 3.63) is 40.3 Å². The largest absolute Gasteiger partial charge is 0.419 e. The van der Waals surface area contributed by atoms with Crippen LogP contribution in [-0.2, 0) is 6.54 Å². The fourth-order valence-corrected chi connectivity index (χ4v) is 2.68. The van der Waals surface area contributed by atoms with Gasteiger partial charge in [-0.05, 0) is 44.0 Å². The van der Waals surface area contributed by atoms with E-state index in [1.54, 1.807) is 12.1 Å². The third kappa shape index (κ3) is 3.72. The van der Waals surface area contributed by atoms with Crippen LogP contribution in [0.3, 0.4) is 0 Å². The molecule has 0 radical (unpaired) electrons. The zero-order valence-electron chi connectivity index (χ0n) is 12.6. The van der Waals surface area contributed by atoms with E-state index in [1.807, 2.05) is 0 Å². The van der Waals surface area contributed by atoms with Gasteiger partial charge >= 0.3 is 0 Å². The van der Waals surface area contributed by atoms with Crippen LogP contribution >= 0.6 is 0 Å². The maximum Gasteiger partial charge on any atom is 0.269 e. The van der Waals surface area contributed by atoms with Crippen molar-refractivity contribution < 1.29 is 14.4 Å². The van der Waals surface area contributed by atoms with Crippen molar-refractivity contribution in [2.45, 2.75) is 19.4 Å². The molecule has 1 saturated heterocycles. The lowest BCUT2D eigenvalue weighted by molar-refractivity contribution is -0.384. The number of piperidine rings is 1. The van der Waals surface area contributed by atoms with Gasteiger partial charge in [0.25, 0.3) is 5.69 Å². The highest BCUT2D eigenvalue weighted by atomic mass is 16.6. The first-order chi connectivity index (χ1) is 11.2. The van der Waals surface area contributed by atoms with Crippen LogP contribution in [0.5, 0.6) is 0 Å². The molecule has 1 aliphatic heterocycles. The summed E-state index contributed by atoms with van der Waals surface area (Å²) < 4.78 is 5.64. The second-order valence-corrected chi connectivity index (χ2v) is 5.71. The molecule has 0 saturated carbocycles. The van der Waals surface area contributed by atoms with Gasteiger partial charge < -0.3 is 9.52 Å². The van der Waals surface area contributed by atoms with Crippen molar-refractivity contribution in [2.24, 2.45) is 5.92 Å². The molecule has 3 rings (SSSR count). The Morgan fingerprint density at radius 2 is 1.96 bits per heavy atom. The fraction of sp³-hybridized carbons (Fsp3) is 0.467. The topological polar surface area (TPSA) is 106 Å². The van der Waals surface area contributed by atoms with E-state index in [2.05, 4.69) is 15.1 Å². The zero-order chi connectivity index (χ0) is 16.2. The first-order valence-electron chi connectivity index (χ1n) is 7.56. The van der Waals surface area contributed by atoms with E-state index in [9.17, 15) is 10.1 Å². The second-order valence-electron chi connectivity index (χ2n) is 5.71. The molecular weight excluding hydrogens is 300 g/mol. The van der Waals surface area contributed by atoms with E-state index >= 15 is 0 Å². The number of hydrogen-bond donors (Lipinski definition) is 1. The predicted octanol–water partition coefficient (Wildman–Crippen LogP) is 1.85. The Bertz CT molecular complexity index is 662. The minimum absolute atomic E-state index is 0.0280. The lowest BCUT2D eigenvalue weighted by atomic mass is 9.98. The van der Waals surface area contributed by atoms with Crippen molar-refractivity contribution in [3.63, 3.8) is 0 Å². The van der Waals surface area contributed by atoms with Gasteiger partial charge in [-0.2, -0.15) is 0 Å². The second kappa shape index (κ2) is 6.84.